The summed E-state index contributed by atoms with van der Waals surface area (Å²) in [5.74, 6) is -0.00348. The highest BCUT2D eigenvalue weighted by Gasteiger charge is 2.13. The van der Waals surface area contributed by atoms with Crippen molar-refractivity contribution in [2.45, 2.75) is 33.1 Å². The van der Waals surface area contributed by atoms with E-state index in [-0.39, 0.29) is 10.8 Å². The molecule has 0 unspecified atom stereocenters. The van der Waals surface area contributed by atoms with Crippen LogP contribution in [0.3, 0.4) is 0 Å². The van der Waals surface area contributed by atoms with Crippen LogP contribution in [-0.4, -0.2) is 13.2 Å². The fourth-order valence-electron chi connectivity index (χ4n) is 1.43. The highest BCUT2D eigenvalue weighted by atomic mass is 35.5. The van der Waals surface area contributed by atoms with E-state index in [1.807, 2.05) is 6.92 Å². The zero-order valence-electron chi connectivity index (χ0n) is 10.3. The Bertz CT molecular complexity index is 356. The van der Waals surface area contributed by atoms with E-state index in [1.54, 1.807) is 12.1 Å². The molecule has 0 fully saturated rings. The van der Waals surface area contributed by atoms with Gasteiger partial charge < -0.3 is 9.47 Å². The van der Waals surface area contributed by atoms with Gasteiger partial charge in [-0.15, -0.1) is 0 Å². The summed E-state index contributed by atoms with van der Waals surface area (Å²) in [5, 5.41) is -0.0140. The van der Waals surface area contributed by atoms with Crippen molar-refractivity contribution in [3.63, 3.8) is 0 Å². The van der Waals surface area contributed by atoms with E-state index >= 15 is 0 Å². The summed E-state index contributed by atoms with van der Waals surface area (Å²) in [6.45, 7) is 4.89. The predicted molar refractivity (Wildman–Crippen MR) is 67.6 cm³/mol. The molecule has 0 radical (unpaired) electrons. The summed E-state index contributed by atoms with van der Waals surface area (Å²) >= 11 is 5.84. The molecule has 0 aromatic heterocycles. The molecule has 0 N–H and O–H groups in total. The first kappa shape index (κ1) is 14.1. The molecule has 0 aliphatic heterocycles. The Morgan fingerprint density at radius 3 is 2.47 bits per heavy atom. The first-order chi connectivity index (χ1) is 8.20. The van der Waals surface area contributed by atoms with Crippen molar-refractivity contribution < 1.29 is 13.9 Å². The third-order valence-corrected chi connectivity index (χ3v) is 2.67. The van der Waals surface area contributed by atoms with Crippen LogP contribution in [0.4, 0.5) is 4.39 Å². The predicted octanol–water partition coefficient (Wildman–Crippen LogP) is 4.45. The van der Waals surface area contributed by atoms with Crippen molar-refractivity contribution in [2.75, 3.05) is 13.2 Å². The maximum absolute atomic E-state index is 13.8. The van der Waals surface area contributed by atoms with E-state index in [1.165, 1.54) is 0 Å². The first-order valence-electron chi connectivity index (χ1n) is 5.94. The van der Waals surface area contributed by atoms with E-state index < -0.39 is 5.82 Å². The minimum atomic E-state index is -0.547. The molecule has 0 aliphatic rings. The van der Waals surface area contributed by atoms with Crippen LogP contribution in [0.1, 0.15) is 33.1 Å². The lowest BCUT2D eigenvalue weighted by molar-refractivity contribution is 0.288. The molecule has 4 heteroatoms. The lowest BCUT2D eigenvalue weighted by Gasteiger charge is -2.11. The summed E-state index contributed by atoms with van der Waals surface area (Å²) < 4.78 is 24.3. The molecule has 1 aromatic rings. The quantitative estimate of drug-likeness (QED) is 0.675. The van der Waals surface area contributed by atoms with Gasteiger partial charge in [0.2, 0.25) is 0 Å². The van der Waals surface area contributed by atoms with E-state index in [2.05, 4.69) is 6.92 Å². The number of rotatable bonds is 7. The van der Waals surface area contributed by atoms with Crippen molar-refractivity contribution in [2.24, 2.45) is 0 Å². The Morgan fingerprint density at radius 2 is 1.82 bits per heavy atom. The zero-order chi connectivity index (χ0) is 12.7. The van der Waals surface area contributed by atoms with Crippen LogP contribution in [-0.2, 0) is 0 Å². The van der Waals surface area contributed by atoms with Gasteiger partial charge >= 0.3 is 0 Å². The van der Waals surface area contributed by atoms with Gasteiger partial charge in [0.25, 0.3) is 0 Å². The molecule has 0 spiro atoms. The topological polar surface area (TPSA) is 18.5 Å². The number of ether oxygens (including phenoxy) is 2. The van der Waals surface area contributed by atoms with Gasteiger partial charge in [-0.2, -0.15) is 0 Å². The molecule has 0 bridgehead atoms. The van der Waals surface area contributed by atoms with E-state index in [0.717, 1.165) is 19.3 Å². The van der Waals surface area contributed by atoms with E-state index in [9.17, 15) is 4.39 Å². The third-order valence-electron chi connectivity index (χ3n) is 2.32. The third kappa shape index (κ3) is 4.08. The molecule has 0 saturated carbocycles. The molecular weight excluding hydrogens is 243 g/mol. The van der Waals surface area contributed by atoms with E-state index in [0.29, 0.717) is 19.0 Å². The molecule has 0 saturated heterocycles. The van der Waals surface area contributed by atoms with Gasteiger partial charge in [-0.1, -0.05) is 31.4 Å². The molecule has 2 nitrogen and oxygen atoms in total. The Morgan fingerprint density at radius 1 is 1.12 bits per heavy atom. The van der Waals surface area contributed by atoms with Gasteiger partial charge in [-0.25, -0.2) is 4.39 Å². The second-order valence-electron chi connectivity index (χ2n) is 3.68. The van der Waals surface area contributed by atoms with Gasteiger partial charge in [-0.05, 0) is 25.5 Å². The first-order valence-corrected chi connectivity index (χ1v) is 6.32. The normalized spacial score (nSPS) is 10.4. The smallest absolute Gasteiger partial charge is 0.187 e. The second kappa shape index (κ2) is 7.38. The number of benzene rings is 1. The minimum absolute atomic E-state index is 0.0140. The Labute approximate surface area is 107 Å². The molecule has 1 aromatic carbocycles. The molecule has 17 heavy (non-hydrogen) atoms. The maximum atomic E-state index is 13.8. The summed E-state index contributed by atoms with van der Waals surface area (Å²) in [5.41, 5.74) is 0. The number of hydrogen-bond acceptors (Lipinski definition) is 2. The van der Waals surface area contributed by atoms with Gasteiger partial charge in [0.1, 0.15) is 10.8 Å². The lowest BCUT2D eigenvalue weighted by atomic mass is 10.2. The van der Waals surface area contributed by atoms with Gasteiger partial charge in [0.15, 0.2) is 11.6 Å². The van der Waals surface area contributed by atoms with Crippen LogP contribution in [0.2, 0.25) is 5.02 Å². The average Bonchev–Trinajstić information content (AvgIpc) is 2.33. The molecule has 0 amide bonds. The van der Waals surface area contributed by atoms with Gasteiger partial charge in [0.05, 0.1) is 13.2 Å². The van der Waals surface area contributed by atoms with Crippen LogP contribution in [0.25, 0.3) is 0 Å². The Kier molecular flexibility index (Phi) is 6.12. The Balaban J connectivity index is 2.64. The summed E-state index contributed by atoms with van der Waals surface area (Å²) in [6.07, 6.45) is 3.10. The molecule has 0 aliphatic carbocycles. The van der Waals surface area contributed by atoms with Crippen LogP contribution in [0.15, 0.2) is 12.1 Å². The van der Waals surface area contributed by atoms with Crippen molar-refractivity contribution in [3.8, 4) is 11.5 Å². The number of halogens is 2. The highest BCUT2D eigenvalue weighted by molar-refractivity contribution is 6.32. The van der Waals surface area contributed by atoms with Crippen molar-refractivity contribution in [1.29, 1.82) is 0 Å². The maximum Gasteiger partial charge on any atom is 0.187 e. The molecule has 0 heterocycles. The lowest BCUT2D eigenvalue weighted by Crippen LogP contribution is -2.01. The van der Waals surface area contributed by atoms with E-state index in [4.69, 9.17) is 21.1 Å². The van der Waals surface area contributed by atoms with Crippen molar-refractivity contribution >= 4 is 11.6 Å². The van der Waals surface area contributed by atoms with Crippen LogP contribution in [0, 0.1) is 5.82 Å². The van der Waals surface area contributed by atoms with Crippen molar-refractivity contribution in [3.05, 3.63) is 23.0 Å². The zero-order valence-corrected chi connectivity index (χ0v) is 11.0. The fourth-order valence-corrected chi connectivity index (χ4v) is 1.64. The largest absolute Gasteiger partial charge is 0.492 e. The average molecular weight is 261 g/mol. The molecular formula is C13H18ClFO2. The molecule has 0 atom stereocenters. The van der Waals surface area contributed by atoms with Crippen LogP contribution < -0.4 is 9.47 Å². The monoisotopic (exact) mass is 260 g/mol. The summed E-state index contributed by atoms with van der Waals surface area (Å²) in [4.78, 5) is 0. The minimum Gasteiger partial charge on any atom is -0.492 e. The number of unbranched alkanes of at least 4 members (excludes halogenated alkanes) is 2. The summed E-state index contributed by atoms with van der Waals surface area (Å²) in [7, 11) is 0. The van der Waals surface area contributed by atoms with Crippen molar-refractivity contribution in [1.82, 2.24) is 0 Å². The molecule has 1 rings (SSSR count). The fraction of sp³-hybridized carbons (Fsp3) is 0.538. The van der Waals surface area contributed by atoms with Crippen LogP contribution >= 0.6 is 11.6 Å². The molecule has 96 valence electrons. The summed E-state index contributed by atoms with van der Waals surface area (Å²) in [6, 6.07) is 3.18. The SMILES string of the molecule is CCCCCOc1ccc(OCC)c(Cl)c1F. The van der Waals surface area contributed by atoms with Gasteiger partial charge in [-0.3, -0.25) is 0 Å². The van der Waals surface area contributed by atoms with Gasteiger partial charge in [0, 0.05) is 0 Å². The second-order valence-corrected chi connectivity index (χ2v) is 4.06. The highest BCUT2D eigenvalue weighted by Crippen LogP contribution is 2.33. The number of hydrogen-bond donors (Lipinski definition) is 0. The van der Waals surface area contributed by atoms with Crippen LogP contribution in [0.5, 0.6) is 11.5 Å². The standard InChI is InChI=1S/C13H18ClFO2/c1-3-5-6-9-17-11-8-7-10(16-4-2)12(14)13(11)15/h7-8H,3-6,9H2,1-2H3. The Hall–Kier alpha value is -0.960.